The van der Waals surface area contributed by atoms with Gasteiger partial charge in [-0.1, -0.05) is 30.3 Å². The van der Waals surface area contributed by atoms with Crippen molar-refractivity contribution in [3.05, 3.63) is 88.2 Å². The predicted octanol–water partition coefficient (Wildman–Crippen LogP) is 5.71. The molecule has 0 spiro atoms. The van der Waals surface area contributed by atoms with E-state index in [1.54, 1.807) is 36.4 Å². The maximum atomic E-state index is 14.0. The van der Waals surface area contributed by atoms with E-state index in [1.165, 1.54) is 13.2 Å². The highest BCUT2D eigenvalue weighted by Crippen LogP contribution is 2.34. The van der Waals surface area contributed by atoms with Crippen molar-refractivity contribution in [3.8, 4) is 39.8 Å². The van der Waals surface area contributed by atoms with Crippen LogP contribution in [0.3, 0.4) is 0 Å². The van der Waals surface area contributed by atoms with E-state index in [1.807, 2.05) is 25.1 Å². The first kappa shape index (κ1) is 20.8. The minimum Gasteiger partial charge on any atom is -0.494 e. The van der Waals surface area contributed by atoms with Gasteiger partial charge in [-0.3, -0.25) is 9.78 Å². The molecule has 0 saturated carbocycles. The van der Waals surface area contributed by atoms with Crippen LogP contribution in [-0.4, -0.2) is 28.0 Å². The number of amides is 1. The monoisotopic (exact) mass is 428 g/mol. The number of hydrogen-bond donors (Lipinski definition) is 1. The molecule has 4 rings (SSSR count). The van der Waals surface area contributed by atoms with Crippen molar-refractivity contribution >= 4 is 5.91 Å². The number of methoxy groups -OCH3 is 1. The number of benzene rings is 2. The van der Waals surface area contributed by atoms with Crippen LogP contribution < -0.4 is 4.74 Å². The van der Waals surface area contributed by atoms with Gasteiger partial charge in [0, 0.05) is 27.3 Å². The molecule has 0 aliphatic heterocycles. The highest BCUT2D eigenvalue weighted by atomic mass is 19.1. The summed E-state index contributed by atoms with van der Waals surface area (Å²) in [7, 11) is 1.40. The number of azide groups is 1. The molecule has 2 aromatic carbocycles. The Morgan fingerprint density at radius 2 is 1.84 bits per heavy atom. The Hall–Kier alpha value is -4.49. The summed E-state index contributed by atoms with van der Waals surface area (Å²) in [4.78, 5) is 26.9. The van der Waals surface area contributed by atoms with Crippen LogP contribution in [0.15, 0.2) is 65.8 Å². The van der Waals surface area contributed by atoms with Gasteiger partial charge in [-0.25, -0.2) is 9.37 Å². The van der Waals surface area contributed by atoms with Gasteiger partial charge in [-0.05, 0) is 47.9 Å². The standard InChI is InChI=1S/C23H17FN6O2/c1-13-4-3-5-18(26-13)21-20(16-10-11-17(24)19(12-16)32-2)27-22(28-21)14-6-8-15(9-7-14)23(31)29-30-25/h3-12H,1-2H3,(H,27,28). The molecule has 4 aromatic rings. The Kier molecular flexibility index (Phi) is 5.65. The molecule has 0 unspecified atom stereocenters. The Bertz CT molecular complexity index is 1360. The van der Waals surface area contributed by atoms with Gasteiger partial charge < -0.3 is 9.72 Å². The first-order valence-electron chi connectivity index (χ1n) is 9.58. The van der Waals surface area contributed by atoms with Crippen molar-refractivity contribution in [1.29, 1.82) is 0 Å². The van der Waals surface area contributed by atoms with E-state index in [9.17, 15) is 9.18 Å². The summed E-state index contributed by atoms with van der Waals surface area (Å²) >= 11 is 0. The number of halogens is 1. The predicted molar refractivity (Wildman–Crippen MR) is 117 cm³/mol. The van der Waals surface area contributed by atoms with Crippen molar-refractivity contribution in [2.45, 2.75) is 6.92 Å². The number of carbonyl (C=O) groups is 1. The maximum Gasteiger partial charge on any atom is 0.249 e. The Morgan fingerprint density at radius 1 is 1.09 bits per heavy atom. The molecule has 32 heavy (non-hydrogen) atoms. The largest absolute Gasteiger partial charge is 0.494 e. The molecule has 0 aliphatic rings. The van der Waals surface area contributed by atoms with Gasteiger partial charge in [0.25, 0.3) is 0 Å². The van der Waals surface area contributed by atoms with Crippen LogP contribution in [0.5, 0.6) is 5.75 Å². The van der Waals surface area contributed by atoms with Crippen molar-refractivity contribution < 1.29 is 13.9 Å². The summed E-state index contributed by atoms with van der Waals surface area (Å²) in [5.41, 5.74) is 12.8. The molecular formula is C23H17FN6O2. The highest BCUT2D eigenvalue weighted by Gasteiger charge is 2.18. The van der Waals surface area contributed by atoms with Crippen molar-refractivity contribution in [3.63, 3.8) is 0 Å². The van der Waals surface area contributed by atoms with Crippen molar-refractivity contribution in [2.75, 3.05) is 7.11 Å². The van der Waals surface area contributed by atoms with Crippen molar-refractivity contribution in [2.24, 2.45) is 5.11 Å². The number of aromatic nitrogens is 3. The lowest BCUT2D eigenvalue weighted by Crippen LogP contribution is -1.93. The zero-order valence-electron chi connectivity index (χ0n) is 17.2. The van der Waals surface area contributed by atoms with E-state index in [2.05, 4.69) is 20.0 Å². The van der Waals surface area contributed by atoms with Gasteiger partial charge in [0.2, 0.25) is 5.91 Å². The fourth-order valence-electron chi connectivity index (χ4n) is 3.26. The fourth-order valence-corrected chi connectivity index (χ4v) is 3.26. The number of imidazole rings is 1. The molecule has 9 heteroatoms. The summed E-state index contributed by atoms with van der Waals surface area (Å²) in [5.74, 6) is -0.495. The lowest BCUT2D eigenvalue weighted by Gasteiger charge is -2.06. The molecule has 2 heterocycles. The number of H-pyrrole nitrogens is 1. The summed E-state index contributed by atoms with van der Waals surface area (Å²) < 4.78 is 19.1. The molecule has 0 atom stereocenters. The molecule has 158 valence electrons. The molecule has 0 saturated heterocycles. The van der Waals surface area contributed by atoms with E-state index in [0.29, 0.717) is 34.0 Å². The quantitative estimate of drug-likeness (QED) is 0.249. The molecule has 0 aliphatic carbocycles. The van der Waals surface area contributed by atoms with Gasteiger partial charge in [-0.15, -0.1) is 0 Å². The van der Waals surface area contributed by atoms with Gasteiger partial charge in [0.1, 0.15) is 5.82 Å². The van der Waals surface area contributed by atoms with Crippen LogP contribution in [-0.2, 0) is 0 Å². The molecule has 1 N–H and O–H groups in total. The van der Waals surface area contributed by atoms with E-state index >= 15 is 0 Å². The van der Waals surface area contributed by atoms with Crippen LogP contribution in [0, 0.1) is 12.7 Å². The van der Waals surface area contributed by atoms with Crippen LogP contribution in [0.4, 0.5) is 4.39 Å². The van der Waals surface area contributed by atoms with E-state index in [-0.39, 0.29) is 11.3 Å². The molecule has 1 amide bonds. The zero-order valence-corrected chi connectivity index (χ0v) is 17.2. The molecule has 0 radical (unpaired) electrons. The number of pyridine rings is 1. The lowest BCUT2D eigenvalue weighted by molar-refractivity contribution is 0.100. The average molecular weight is 428 g/mol. The van der Waals surface area contributed by atoms with E-state index in [0.717, 1.165) is 5.69 Å². The molecule has 2 aromatic heterocycles. The number of aryl methyl sites for hydroxylation is 1. The van der Waals surface area contributed by atoms with Gasteiger partial charge >= 0.3 is 0 Å². The summed E-state index contributed by atoms with van der Waals surface area (Å²) in [6.07, 6.45) is 0. The Morgan fingerprint density at radius 3 is 2.53 bits per heavy atom. The highest BCUT2D eigenvalue weighted by molar-refractivity contribution is 5.95. The summed E-state index contributed by atoms with van der Waals surface area (Å²) in [6, 6.07) is 16.7. The number of hydrogen-bond acceptors (Lipinski definition) is 4. The number of ether oxygens (including phenoxy) is 1. The minimum atomic E-state index is -0.665. The van der Waals surface area contributed by atoms with Gasteiger partial charge in [0.05, 0.1) is 24.2 Å². The lowest BCUT2D eigenvalue weighted by atomic mass is 10.1. The Labute approximate surface area is 182 Å². The average Bonchev–Trinajstić information content (AvgIpc) is 3.25. The fraction of sp³-hybridized carbons (Fsp3) is 0.0870. The first-order valence-corrected chi connectivity index (χ1v) is 9.58. The second-order valence-electron chi connectivity index (χ2n) is 6.89. The molecule has 0 bridgehead atoms. The SMILES string of the molecule is COc1cc(-c2nc(-c3ccc(C(=O)N=[N+]=[N-])cc3)[nH]c2-c2cccc(C)n2)ccc1F. The Balaban J connectivity index is 1.84. The minimum absolute atomic E-state index is 0.108. The van der Waals surface area contributed by atoms with Gasteiger partial charge in [-0.2, -0.15) is 0 Å². The van der Waals surface area contributed by atoms with Crippen molar-refractivity contribution in [1.82, 2.24) is 15.0 Å². The van der Waals surface area contributed by atoms with E-state index in [4.69, 9.17) is 15.3 Å². The maximum absolute atomic E-state index is 14.0. The number of rotatable bonds is 5. The second-order valence-corrected chi connectivity index (χ2v) is 6.89. The molecule has 0 fully saturated rings. The van der Waals surface area contributed by atoms with E-state index < -0.39 is 11.7 Å². The number of aromatic amines is 1. The topological polar surface area (TPSA) is 117 Å². The zero-order chi connectivity index (χ0) is 22.7. The van der Waals surface area contributed by atoms with Crippen LogP contribution >= 0.6 is 0 Å². The summed E-state index contributed by atoms with van der Waals surface area (Å²) in [6.45, 7) is 1.89. The third-order valence-corrected chi connectivity index (χ3v) is 4.81. The van der Waals surface area contributed by atoms with Crippen LogP contribution in [0.25, 0.3) is 44.5 Å². The van der Waals surface area contributed by atoms with Crippen LogP contribution in [0.1, 0.15) is 16.1 Å². The van der Waals surface area contributed by atoms with Crippen LogP contribution in [0.2, 0.25) is 0 Å². The number of carbonyl (C=O) groups excluding carboxylic acids is 1. The molecular weight excluding hydrogens is 411 g/mol. The molecule has 8 nitrogen and oxygen atoms in total. The third-order valence-electron chi connectivity index (χ3n) is 4.81. The number of nitrogens with zero attached hydrogens (tertiary/aromatic N) is 5. The normalized spacial score (nSPS) is 10.5. The first-order chi connectivity index (χ1) is 15.5. The van der Waals surface area contributed by atoms with Gasteiger partial charge in [0.15, 0.2) is 11.6 Å². The third kappa shape index (κ3) is 4.05. The second kappa shape index (κ2) is 8.71. The summed E-state index contributed by atoms with van der Waals surface area (Å²) in [5, 5.41) is 3.09. The smallest absolute Gasteiger partial charge is 0.249 e. The number of nitrogens with one attached hydrogen (secondary N) is 1.